The first-order valence-corrected chi connectivity index (χ1v) is 11.4. The molecule has 2 amide bonds. The zero-order valence-electron chi connectivity index (χ0n) is 19.2. The molecule has 3 heterocycles. The first-order valence-electron chi connectivity index (χ1n) is 11.4. The van der Waals surface area contributed by atoms with Crippen LogP contribution >= 0.6 is 0 Å². The number of amides is 2. The Labute approximate surface area is 196 Å². The van der Waals surface area contributed by atoms with E-state index < -0.39 is 17.7 Å². The molecule has 3 N–H and O–H groups in total. The Morgan fingerprint density at radius 1 is 1.24 bits per heavy atom. The lowest BCUT2D eigenvalue weighted by molar-refractivity contribution is 0.148. The molecule has 3 aromatic rings. The van der Waals surface area contributed by atoms with Crippen LogP contribution < -0.4 is 15.4 Å². The molecular weight excluding hydrogens is 442 g/mol. The van der Waals surface area contributed by atoms with Gasteiger partial charge < -0.3 is 29.9 Å². The average Bonchev–Trinajstić information content (AvgIpc) is 3.14. The molecule has 0 radical (unpaired) electrons. The molecule has 1 saturated heterocycles. The molecule has 2 aliphatic heterocycles. The monoisotopic (exact) mass is 470 g/mol. The number of piperidine rings is 1. The van der Waals surface area contributed by atoms with Crippen LogP contribution in [-0.4, -0.2) is 54.0 Å². The molecular formula is C25H28F2N4O3. The van der Waals surface area contributed by atoms with E-state index in [1.807, 2.05) is 19.2 Å². The number of carbonyl (C=O) groups is 1. The van der Waals surface area contributed by atoms with Gasteiger partial charge in [-0.3, -0.25) is 0 Å². The molecule has 9 heteroatoms. The summed E-state index contributed by atoms with van der Waals surface area (Å²) in [5.41, 5.74) is 3.07. The van der Waals surface area contributed by atoms with Crippen molar-refractivity contribution in [3.63, 3.8) is 0 Å². The number of nitrogens with zero attached hydrogens (tertiary/aromatic N) is 2. The number of methoxy groups -OCH3 is 1. The molecule has 2 aliphatic rings. The van der Waals surface area contributed by atoms with Crippen LogP contribution in [0.1, 0.15) is 30.1 Å². The summed E-state index contributed by atoms with van der Waals surface area (Å²) in [6.45, 7) is 1.67. The van der Waals surface area contributed by atoms with Gasteiger partial charge >= 0.3 is 6.03 Å². The smallest absolute Gasteiger partial charge is 0.321 e. The number of fused-ring (bicyclic) bond motifs is 4. The third-order valence-corrected chi connectivity index (χ3v) is 7.36. The third-order valence-electron chi connectivity index (χ3n) is 7.36. The quantitative estimate of drug-likeness (QED) is 0.546. The highest BCUT2D eigenvalue weighted by Gasteiger charge is 2.45. The zero-order chi connectivity index (χ0) is 24.0. The number of aliphatic hydroxyl groups excluding tert-OH is 1. The van der Waals surface area contributed by atoms with Crippen molar-refractivity contribution in [2.75, 3.05) is 38.7 Å². The summed E-state index contributed by atoms with van der Waals surface area (Å²) in [7, 11) is 3.64. The second-order valence-electron chi connectivity index (χ2n) is 9.14. The Morgan fingerprint density at radius 2 is 2.00 bits per heavy atom. The van der Waals surface area contributed by atoms with Crippen LogP contribution in [-0.2, 0) is 12.5 Å². The molecule has 1 spiro atoms. The SMILES string of the molecule is COc1ccc2c3c(n(C)c2c1)[C@@H](CO)NCC31CCN(C(=O)Nc2ccc(F)cc2F)CC1. The zero-order valence-corrected chi connectivity index (χ0v) is 19.2. The Morgan fingerprint density at radius 3 is 2.68 bits per heavy atom. The van der Waals surface area contributed by atoms with Crippen molar-refractivity contribution in [2.45, 2.75) is 24.3 Å². The summed E-state index contributed by atoms with van der Waals surface area (Å²) in [4.78, 5) is 14.5. The number of carbonyl (C=O) groups excluding carboxylic acids is 1. The minimum Gasteiger partial charge on any atom is -0.497 e. The van der Waals surface area contributed by atoms with Gasteiger partial charge in [-0.05, 0) is 42.7 Å². The van der Waals surface area contributed by atoms with Crippen molar-refractivity contribution < 1.29 is 23.4 Å². The van der Waals surface area contributed by atoms with Crippen LogP contribution in [0.3, 0.4) is 0 Å². The molecule has 0 saturated carbocycles. The molecule has 0 aliphatic carbocycles. The molecule has 1 fully saturated rings. The van der Waals surface area contributed by atoms with Crippen molar-refractivity contribution in [3.05, 3.63) is 59.3 Å². The molecule has 2 aromatic carbocycles. The minimum atomic E-state index is -0.802. The second kappa shape index (κ2) is 8.56. The van der Waals surface area contributed by atoms with Crippen molar-refractivity contribution in [3.8, 4) is 5.75 Å². The summed E-state index contributed by atoms with van der Waals surface area (Å²) in [6, 6.07) is 8.55. The van der Waals surface area contributed by atoms with Gasteiger partial charge in [-0.2, -0.15) is 0 Å². The van der Waals surface area contributed by atoms with E-state index in [0.717, 1.165) is 47.3 Å². The standard InChI is InChI=1S/C25H28F2N4O3/c1-30-21-12-16(34-2)4-5-17(21)22-23(30)20(13-32)28-14-25(22)7-9-31(10-8-25)24(33)29-19-6-3-15(26)11-18(19)27/h3-6,11-12,20,28,32H,7-10,13-14H2,1-2H3,(H,29,33)/t20-/m1/s1. The molecule has 0 bridgehead atoms. The lowest BCUT2D eigenvalue weighted by Gasteiger charge is -2.46. The largest absolute Gasteiger partial charge is 0.497 e. The minimum absolute atomic E-state index is 0.0118. The van der Waals surface area contributed by atoms with E-state index in [4.69, 9.17) is 4.74 Å². The van der Waals surface area contributed by atoms with Crippen molar-refractivity contribution in [1.29, 1.82) is 0 Å². The predicted octanol–water partition coefficient (Wildman–Crippen LogP) is 3.67. The van der Waals surface area contributed by atoms with E-state index in [2.05, 4.69) is 21.3 Å². The number of rotatable bonds is 3. The van der Waals surface area contributed by atoms with Crippen LogP contribution in [0.15, 0.2) is 36.4 Å². The number of hydrogen-bond acceptors (Lipinski definition) is 4. The number of urea groups is 1. The molecule has 34 heavy (non-hydrogen) atoms. The number of halogens is 2. The predicted molar refractivity (Wildman–Crippen MR) is 125 cm³/mol. The lowest BCUT2D eigenvalue weighted by atomic mass is 9.69. The van der Waals surface area contributed by atoms with Gasteiger partial charge in [0.2, 0.25) is 0 Å². The van der Waals surface area contributed by atoms with Crippen LogP contribution in [0.5, 0.6) is 5.75 Å². The lowest BCUT2D eigenvalue weighted by Crippen LogP contribution is -2.54. The Kier molecular flexibility index (Phi) is 5.69. The van der Waals surface area contributed by atoms with Gasteiger partial charge in [0.15, 0.2) is 0 Å². The van der Waals surface area contributed by atoms with E-state index in [0.29, 0.717) is 19.6 Å². The third kappa shape index (κ3) is 3.59. The molecule has 7 nitrogen and oxygen atoms in total. The Bertz CT molecular complexity index is 1250. The fourth-order valence-corrected chi connectivity index (χ4v) is 5.53. The molecule has 0 unspecified atom stereocenters. The Hall–Kier alpha value is -3.17. The summed E-state index contributed by atoms with van der Waals surface area (Å²) in [5.74, 6) is -0.721. The number of aryl methyl sites for hydroxylation is 1. The Balaban J connectivity index is 1.43. The number of ether oxygens (including phenoxy) is 1. The fourth-order valence-electron chi connectivity index (χ4n) is 5.53. The van der Waals surface area contributed by atoms with Crippen molar-refractivity contribution in [2.24, 2.45) is 7.05 Å². The summed E-state index contributed by atoms with van der Waals surface area (Å²) < 4.78 is 34.7. The first-order chi connectivity index (χ1) is 16.4. The van der Waals surface area contributed by atoms with Crippen molar-refractivity contribution >= 4 is 22.6 Å². The number of nitrogens with one attached hydrogen (secondary N) is 2. The van der Waals surface area contributed by atoms with Crippen molar-refractivity contribution in [1.82, 2.24) is 14.8 Å². The summed E-state index contributed by atoms with van der Waals surface area (Å²) in [6.07, 6.45) is 1.44. The number of anilines is 1. The van der Waals surface area contributed by atoms with Gasteiger partial charge in [-0.15, -0.1) is 0 Å². The first kappa shape index (κ1) is 22.6. The van der Waals surface area contributed by atoms with Crippen LogP contribution in [0.25, 0.3) is 10.9 Å². The van der Waals surface area contributed by atoms with E-state index >= 15 is 0 Å². The van der Waals surface area contributed by atoms with E-state index in [1.54, 1.807) is 12.0 Å². The second-order valence-corrected chi connectivity index (χ2v) is 9.14. The van der Waals surface area contributed by atoms with E-state index in [1.165, 1.54) is 11.6 Å². The van der Waals surface area contributed by atoms with E-state index in [9.17, 15) is 18.7 Å². The average molecular weight is 471 g/mol. The van der Waals surface area contributed by atoms with Gasteiger partial charge in [0, 0.05) is 55.3 Å². The van der Waals surface area contributed by atoms with Crippen LogP contribution in [0.4, 0.5) is 19.3 Å². The van der Waals surface area contributed by atoms with Gasteiger partial charge in [0.1, 0.15) is 17.4 Å². The normalized spacial score (nSPS) is 19.3. The number of aromatic nitrogens is 1. The summed E-state index contributed by atoms with van der Waals surface area (Å²) >= 11 is 0. The number of hydrogen-bond donors (Lipinski definition) is 3. The number of likely N-dealkylation sites (tertiary alicyclic amines) is 1. The van der Waals surface area contributed by atoms with Crippen LogP contribution in [0.2, 0.25) is 0 Å². The van der Waals surface area contributed by atoms with Gasteiger partial charge in [0.25, 0.3) is 0 Å². The molecule has 1 aromatic heterocycles. The highest BCUT2D eigenvalue weighted by molar-refractivity contribution is 5.90. The van der Waals surface area contributed by atoms with Gasteiger partial charge in [-0.25, -0.2) is 13.6 Å². The maximum absolute atomic E-state index is 14.0. The molecule has 1 atom stereocenters. The maximum atomic E-state index is 14.0. The maximum Gasteiger partial charge on any atom is 0.321 e. The molecule has 5 rings (SSSR count). The number of benzene rings is 2. The highest BCUT2D eigenvalue weighted by atomic mass is 19.1. The van der Waals surface area contributed by atoms with E-state index in [-0.39, 0.29) is 23.8 Å². The summed E-state index contributed by atoms with van der Waals surface area (Å²) in [5, 5.41) is 17.2. The number of aliphatic hydroxyl groups is 1. The van der Waals surface area contributed by atoms with Gasteiger partial charge in [0.05, 0.1) is 31.0 Å². The fraction of sp³-hybridized carbons (Fsp3) is 0.400. The topological polar surface area (TPSA) is 78.8 Å². The molecule has 180 valence electrons. The van der Waals surface area contributed by atoms with Crippen LogP contribution in [0, 0.1) is 11.6 Å². The van der Waals surface area contributed by atoms with Gasteiger partial charge in [-0.1, -0.05) is 0 Å². The highest BCUT2D eigenvalue weighted by Crippen LogP contribution is 2.47.